The van der Waals surface area contributed by atoms with E-state index in [9.17, 15) is 0 Å². The SMILES string of the molecule is CNc1ccncc1B(O)O. The van der Waals surface area contributed by atoms with Gasteiger partial charge in [0.2, 0.25) is 0 Å². The summed E-state index contributed by atoms with van der Waals surface area (Å²) in [7, 11) is 0.243. The van der Waals surface area contributed by atoms with Gasteiger partial charge in [0.25, 0.3) is 0 Å². The molecule has 1 aromatic heterocycles. The largest absolute Gasteiger partial charge is 0.492 e. The Bertz CT molecular complexity index is 242. The maximum atomic E-state index is 8.81. The third kappa shape index (κ3) is 1.69. The molecule has 0 aliphatic carbocycles. The Labute approximate surface area is 65.0 Å². The van der Waals surface area contributed by atoms with Crippen molar-refractivity contribution in [2.45, 2.75) is 0 Å². The van der Waals surface area contributed by atoms with Gasteiger partial charge >= 0.3 is 7.12 Å². The molecule has 1 aromatic rings. The average Bonchev–Trinajstić information content (AvgIpc) is 2.04. The second-order valence-corrected chi connectivity index (χ2v) is 2.09. The Balaban J connectivity index is 3.02. The molecule has 0 unspecified atom stereocenters. The van der Waals surface area contributed by atoms with Gasteiger partial charge in [0, 0.05) is 30.6 Å². The zero-order valence-electron chi connectivity index (χ0n) is 6.15. The number of hydrogen-bond donors (Lipinski definition) is 3. The minimum Gasteiger partial charge on any atom is -0.423 e. The molecule has 11 heavy (non-hydrogen) atoms. The van der Waals surface area contributed by atoms with Crippen LogP contribution in [0.4, 0.5) is 5.69 Å². The maximum absolute atomic E-state index is 8.81. The fourth-order valence-corrected chi connectivity index (χ4v) is 0.840. The second-order valence-electron chi connectivity index (χ2n) is 2.09. The van der Waals surface area contributed by atoms with Crippen molar-refractivity contribution in [3.8, 4) is 0 Å². The Morgan fingerprint density at radius 3 is 2.73 bits per heavy atom. The summed E-state index contributed by atoms with van der Waals surface area (Å²) in [5.41, 5.74) is 1.06. The average molecular weight is 152 g/mol. The maximum Gasteiger partial charge on any atom is 0.492 e. The summed E-state index contributed by atoms with van der Waals surface area (Å²) in [5, 5.41) is 20.4. The highest BCUT2D eigenvalue weighted by molar-refractivity contribution is 6.60. The lowest BCUT2D eigenvalue weighted by Gasteiger charge is -2.05. The summed E-state index contributed by atoms with van der Waals surface area (Å²) < 4.78 is 0. The number of aromatic nitrogens is 1. The van der Waals surface area contributed by atoms with Crippen molar-refractivity contribution >= 4 is 18.3 Å². The van der Waals surface area contributed by atoms with E-state index in [0.29, 0.717) is 11.2 Å². The number of hydrogen-bond acceptors (Lipinski definition) is 4. The summed E-state index contributed by atoms with van der Waals surface area (Å²) in [5.74, 6) is 0. The van der Waals surface area contributed by atoms with Crippen LogP contribution in [0.2, 0.25) is 0 Å². The predicted octanol–water partition coefficient (Wildman–Crippen LogP) is -1.20. The first kappa shape index (κ1) is 8.04. The Hall–Kier alpha value is -1.07. The molecule has 1 rings (SSSR count). The predicted molar refractivity (Wildman–Crippen MR) is 43.6 cm³/mol. The summed E-state index contributed by atoms with van der Waals surface area (Å²) in [6, 6.07) is 1.68. The molecule has 0 saturated heterocycles. The molecule has 0 amide bonds. The highest BCUT2D eigenvalue weighted by Gasteiger charge is 2.14. The van der Waals surface area contributed by atoms with Gasteiger partial charge in [-0.2, -0.15) is 0 Å². The number of anilines is 1. The zero-order valence-corrected chi connectivity index (χ0v) is 6.15. The molecule has 1 heterocycles. The first-order chi connectivity index (χ1) is 5.25. The van der Waals surface area contributed by atoms with E-state index in [4.69, 9.17) is 10.0 Å². The van der Waals surface area contributed by atoms with Crippen molar-refractivity contribution in [3.05, 3.63) is 18.5 Å². The summed E-state index contributed by atoms with van der Waals surface area (Å²) in [4.78, 5) is 3.75. The van der Waals surface area contributed by atoms with E-state index in [2.05, 4.69) is 10.3 Å². The Morgan fingerprint density at radius 1 is 1.55 bits per heavy atom. The molecule has 4 nitrogen and oxygen atoms in total. The lowest BCUT2D eigenvalue weighted by molar-refractivity contribution is 0.426. The normalized spacial score (nSPS) is 9.36. The topological polar surface area (TPSA) is 65.4 Å². The third-order valence-electron chi connectivity index (χ3n) is 1.40. The molecule has 0 fully saturated rings. The van der Waals surface area contributed by atoms with Crippen LogP contribution in [-0.2, 0) is 0 Å². The minimum absolute atomic E-state index is 0.384. The van der Waals surface area contributed by atoms with Gasteiger partial charge in [-0.15, -0.1) is 0 Å². The van der Waals surface area contributed by atoms with Crippen molar-refractivity contribution in [2.24, 2.45) is 0 Å². The highest BCUT2D eigenvalue weighted by Crippen LogP contribution is 1.98. The van der Waals surface area contributed by atoms with E-state index in [0.717, 1.165) is 0 Å². The molecular weight excluding hydrogens is 143 g/mol. The fourth-order valence-electron chi connectivity index (χ4n) is 0.840. The number of pyridine rings is 1. The van der Waals surface area contributed by atoms with Gasteiger partial charge in [-0.05, 0) is 6.07 Å². The lowest BCUT2D eigenvalue weighted by Crippen LogP contribution is -2.32. The highest BCUT2D eigenvalue weighted by atomic mass is 16.4. The van der Waals surface area contributed by atoms with Crippen LogP contribution in [0.15, 0.2) is 18.5 Å². The van der Waals surface area contributed by atoms with Crippen LogP contribution in [0.25, 0.3) is 0 Å². The van der Waals surface area contributed by atoms with Crippen LogP contribution in [0.5, 0.6) is 0 Å². The Kier molecular flexibility index (Phi) is 2.46. The molecule has 0 saturated carbocycles. The van der Waals surface area contributed by atoms with Crippen LogP contribution in [0.3, 0.4) is 0 Å². The van der Waals surface area contributed by atoms with E-state index in [-0.39, 0.29) is 0 Å². The number of nitrogens with zero attached hydrogens (tertiary/aromatic N) is 1. The van der Waals surface area contributed by atoms with Crippen molar-refractivity contribution in [3.63, 3.8) is 0 Å². The number of nitrogens with one attached hydrogen (secondary N) is 1. The van der Waals surface area contributed by atoms with Crippen molar-refractivity contribution in [1.82, 2.24) is 4.98 Å². The standard InChI is InChI=1S/C6H9BN2O2/c1-8-6-2-3-9-4-5(6)7(10)11/h2-4,10-11H,1H3,(H,8,9). The molecule has 0 spiro atoms. The van der Waals surface area contributed by atoms with E-state index in [1.165, 1.54) is 6.20 Å². The summed E-state index contributed by atoms with van der Waals surface area (Å²) >= 11 is 0. The summed E-state index contributed by atoms with van der Waals surface area (Å²) in [6.45, 7) is 0. The van der Waals surface area contributed by atoms with E-state index in [1.54, 1.807) is 19.3 Å². The molecule has 5 heteroatoms. The first-order valence-corrected chi connectivity index (χ1v) is 3.23. The van der Waals surface area contributed by atoms with Crippen molar-refractivity contribution in [1.29, 1.82) is 0 Å². The number of rotatable bonds is 2. The van der Waals surface area contributed by atoms with Crippen LogP contribution in [-0.4, -0.2) is 29.2 Å². The van der Waals surface area contributed by atoms with Crippen LogP contribution < -0.4 is 10.8 Å². The zero-order chi connectivity index (χ0) is 8.27. The van der Waals surface area contributed by atoms with Gasteiger partial charge in [0.05, 0.1) is 0 Å². The monoisotopic (exact) mass is 152 g/mol. The quantitative estimate of drug-likeness (QED) is 0.466. The molecule has 0 atom stereocenters. The minimum atomic E-state index is -1.47. The van der Waals surface area contributed by atoms with E-state index < -0.39 is 7.12 Å². The molecular formula is C6H9BN2O2. The van der Waals surface area contributed by atoms with Gasteiger partial charge in [0.15, 0.2) is 0 Å². The molecule has 0 bridgehead atoms. The molecule has 58 valence electrons. The van der Waals surface area contributed by atoms with Crippen LogP contribution in [0.1, 0.15) is 0 Å². The fraction of sp³-hybridized carbons (Fsp3) is 0.167. The van der Waals surface area contributed by atoms with Crippen molar-refractivity contribution < 1.29 is 10.0 Å². The molecule has 0 aliphatic rings. The third-order valence-corrected chi connectivity index (χ3v) is 1.40. The molecule has 0 radical (unpaired) electrons. The van der Waals surface area contributed by atoms with Crippen molar-refractivity contribution in [2.75, 3.05) is 12.4 Å². The molecule has 3 N–H and O–H groups in total. The summed E-state index contributed by atoms with van der Waals surface area (Å²) in [6.07, 6.45) is 2.99. The van der Waals surface area contributed by atoms with Gasteiger partial charge in [-0.1, -0.05) is 0 Å². The van der Waals surface area contributed by atoms with Gasteiger partial charge in [-0.3, -0.25) is 4.98 Å². The second kappa shape index (κ2) is 3.36. The van der Waals surface area contributed by atoms with E-state index in [1.807, 2.05) is 0 Å². The lowest BCUT2D eigenvalue weighted by atomic mass is 9.80. The van der Waals surface area contributed by atoms with Gasteiger partial charge < -0.3 is 15.4 Å². The Morgan fingerprint density at radius 2 is 2.27 bits per heavy atom. The molecule has 0 aromatic carbocycles. The van der Waals surface area contributed by atoms with Gasteiger partial charge in [0.1, 0.15) is 0 Å². The van der Waals surface area contributed by atoms with E-state index >= 15 is 0 Å². The van der Waals surface area contributed by atoms with Gasteiger partial charge in [-0.25, -0.2) is 0 Å². The molecule has 0 aliphatic heterocycles. The van der Waals surface area contributed by atoms with Crippen LogP contribution >= 0.6 is 0 Å². The first-order valence-electron chi connectivity index (χ1n) is 3.23. The van der Waals surface area contributed by atoms with Crippen LogP contribution in [0, 0.1) is 0 Å². The smallest absolute Gasteiger partial charge is 0.423 e.